The second kappa shape index (κ2) is 8.01. The molecule has 1 aromatic rings. The zero-order chi connectivity index (χ0) is 17.9. The topological polar surface area (TPSA) is 88.6 Å². The molecule has 0 unspecified atom stereocenters. The average molecular weight is 388 g/mol. The first-order chi connectivity index (χ1) is 11.9. The Hall–Kier alpha value is -1.19. The van der Waals surface area contributed by atoms with Gasteiger partial charge in [0.2, 0.25) is 0 Å². The molecule has 1 aromatic heterocycles. The van der Waals surface area contributed by atoms with Crippen molar-refractivity contribution < 1.29 is 17.9 Å². The summed E-state index contributed by atoms with van der Waals surface area (Å²) in [5.74, 6) is 0.468. The number of likely N-dealkylation sites (tertiary alicyclic amines) is 1. The van der Waals surface area contributed by atoms with Crippen LogP contribution in [0.2, 0.25) is 0 Å². The fourth-order valence-electron chi connectivity index (χ4n) is 3.47. The zero-order valence-corrected chi connectivity index (χ0v) is 16.1. The molecular weight excluding hydrogens is 362 g/mol. The van der Waals surface area contributed by atoms with Crippen LogP contribution < -0.4 is 5.32 Å². The fraction of sp³-hybridized carbons (Fsp3) is 0.750. The van der Waals surface area contributed by atoms with Gasteiger partial charge < -0.3 is 9.64 Å². The average Bonchev–Trinajstić information content (AvgIpc) is 3.03. The number of ether oxygens (including phenoxy) is 1. The maximum Gasteiger partial charge on any atom is 0.323 e. The van der Waals surface area contributed by atoms with E-state index in [4.69, 9.17) is 4.74 Å². The van der Waals surface area contributed by atoms with E-state index in [1.54, 1.807) is 4.90 Å². The van der Waals surface area contributed by atoms with Crippen LogP contribution in [0.1, 0.15) is 42.9 Å². The van der Waals surface area contributed by atoms with Gasteiger partial charge in [0.15, 0.2) is 5.13 Å². The van der Waals surface area contributed by atoms with E-state index in [1.165, 1.54) is 22.5 Å². The van der Waals surface area contributed by atoms with Crippen LogP contribution in [0.15, 0.2) is 6.20 Å². The van der Waals surface area contributed by atoms with E-state index in [9.17, 15) is 13.2 Å². The first kappa shape index (κ1) is 18.6. The Balaban J connectivity index is 1.63. The van der Waals surface area contributed by atoms with Gasteiger partial charge >= 0.3 is 6.03 Å². The number of hydrogen-bond donors (Lipinski definition) is 1. The molecule has 9 heteroatoms. The molecule has 3 rings (SSSR count). The van der Waals surface area contributed by atoms with Crippen molar-refractivity contribution in [1.82, 2.24) is 9.88 Å². The second-order valence-corrected chi connectivity index (χ2v) is 10.1. The summed E-state index contributed by atoms with van der Waals surface area (Å²) in [6, 6.07) is -0.500. The van der Waals surface area contributed by atoms with Gasteiger partial charge in [0.05, 0.1) is 5.75 Å². The predicted molar refractivity (Wildman–Crippen MR) is 98.0 cm³/mol. The van der Waals surface area contributed by atoms with Gasteiger partial charge in [-0.05, 0) is 38.0 Å². The first-order valence-corrected chi connectivity index (χ1v) is 11.6. The standard InChI is InChI=1S/C16H25N3O4S2/c1-25(21,22)11-13-4-2-3-7-19(13)16(20)18-15-17-10-14(24-15)12-5-8-23-9-6-12/h10,12-13H,2-9,11H2,1H3,(H,17,18,20)/t13-/m1/s1. The quantitative estimate of drug-likeness (QED) is 0.857. The number of hydrogen-bond acceptors (Lipinski definition) is 6. The van der Waals surface area contributed by atoms with Crippen LogP contribution in [0.3, 0.4) is 0 Å². The van der Waals surface area contributed by atoms with Gasteiger partial charge in [-0.25, -0.2) is 18.2 Å². The van der Waals surface area contributed by atoms with Gasteiger partial charge in [0, 0.05) is 43.1 Å². The van der Waals surface area contributed by atoms with E-state index in [0.29, 0.717) is 17.6 Å². The summed E-state index contributed by atoms with van der Waals surface area (Å²) in [5, 5.41) is 3.43. The number of aromatic nitrogens is 1. The molecule has 2 fully saturated rings. The van der Waals surface area contributed by atoms with Gasteiger partial charge in [-0.2, -0.15) is 0 Å². The number of amides is 2. The number of thiazole rings is 1. The highest BCUT2D eigenvalue weighted by molar-refractivity contribution is 7.90. The molecule has 0 radical (unpaired) electrons. The van der Waals surface area contributed by atoms with Gasteiger partial charge in [-0.1, -0.05) is 0 Å². The van der Waals surface area contributed by atoms with E-state index < -0.39 is 9.84 Å². The van der Waals surface area contributed by atoms with Crippen LogP contribution in [0.5, 0.6) is 0 Å². The molecule has 0 bridgehead atoms. The Bertz CT molecular complexity index is 698. The Morgan fingerprint density at radius 1 is 1.36 bits per heavy atom. The summed E-state index contributed by atoms with van der Waals surface area (Å²) < 4.78 is 28.6. The number of carbonyl (C=O) groups excluding carboxylic acids is 1. The lowest BCUT2D eigenvalue weighted by Crippen LogP contribution is -2.48. The third-order valence-electron chi connectivity index (χ3n) is 4.74. The fourth-order valence-corrected chi connectivity index (χ4v) is 5.49. The molecule has 0 spiro atoms. The van der Waals surface area contributed by atoms with Crippen LogP contribution in [0.25, 0.3) is 0 Å². The van der Waals surface area contributed by atoms with Crippen molar-refractivity contribution in [1.29, 1.82) is 0 Å². The van der Waals surface area contributed by atoms with Crippen molar-refractivity contribution in [2.45, 2.75) is 44.1 Å². The predicted octanol–water partition coefficient (Wildman–Crippen LogP) is 2.47. The molecule has 2 aliphatic heterocycles. The molecular formula is C16H25N3O4S2. The van der Waals surface area contributed by atoms with Crippen molar-refractivity contribution in [3.63, 3.8) is 0 Å². The smallest absolute Gasteiger partial charge is 0.323 e. The Labute approximate surface area is 152 Å². The van der Waals surface area contributed by atoms with Crippen molar-refractivity contribution in [3.05, 3.63) is 11.1 Å². The van der Waals surface area contributed by atoms with Gasteiger partial charge in [0.1, 0.15) is 9.84 Å². The molecule has 2 aliphatic rings. The van der Waals surface area contributed by atoms with Gasteiger partial charge in [-0.15, -0.1) is 11.3 Å². The minimum Gasteiger partial charge on any atom is -0.381 e. The number of rotatable bonds is 4. The Morgan fingerprint density at radius 2 is 2.12 bits per heavy atom. The molecule has 140 valence electrons. The lowest BCUT2D eigenvalue weighted by Gasteiger charge is -2.35. The molecule has 2 saturated heterocycles. The van der Waals surface area contributed by atoms with Crippen molar-refractivity contribution >= 4 is 32.3 Å². The SMILES string of the molecule is CS(=O)(=O)C[C@H]1CCCCN1C(=O)Nc1ncc(C2CCOCC2)s1. The number of sulfone groups is 1. The van der Waals surface area contributed by atoms with E-state index >= 15 is 0 Å². The van der Waals surface area contributed by atoms with E-state index in [0.717, 1.165) is 45.3 Å². The van der Waals surface area contributed by atoms with Crippen LogP contribution in [-0.2, 0) is 14.6 Å². The lowest BCUT2D eigenvalue weighted by molar-refractivity contribution is 0.0860. The molecule has 1 N–H and O–H groups in total. The zero-order valence-electron chi connectivity index (χ0n) is 14.4. The molecule has 0 saturated carbocycles. The molecule has 25 heavy (non-hydrogen) atoms. The summed E-state index contributed by atoms with van der Waals surface area (Å²) in [6.45, 7) is 2.13. The van der Waals surface area contributed by atoms with Gasteiger partial charge in [-0.3, -0.25) is 5.32 Å². The summed E-state index contributed by atoms with van der Waals surface area (Å²) in [7, 11) is -3.12. The summed E-state index contributed by atoms with van der Waals surface area (Å²) in [4.78, 5) is 19.8. The highest BCUT2D eigenvalue weighted by Crippen LogP contribution is 2.33. The number of piperidine rings is 1. The van der Waals surface area contributed by atoms with Gasteiger partial charge in [0.25, 0.3) is 0 Å². The van der Waals surface area contributed by atoms with E-state index in [-0.39, 0.29) is 17.8 Å². The third kappa shape index (κ3) is 5.15. The number of carbonyl (C=O) groups is 1. The van der Waals surface area contributed by atoms with E-state index in [2.05, 4.69) is 10.3 Å². The largest absolute Gasteiger partial charge is 0.381 e. The molecule has 7 nitrogen and oxygen atoms in total. The Morgan fingerprint density at radius 3 is 2.84 bits per heavy atom. The highest BCUT2D eigenvalue weighted by Gasteiger charge is 2.30. The molecule has 0 aliphatic carbocycles. The molecule has 3 heterocycles. The minimum atomic E-state index is -3.12. The minimum absolute atomic E-state index is 0.0195. The summed E-state index contributed by atoms with van der Waals surface area (Å²) in [5.41, 5.74) is 0. The van der Waals surface area contributed by atoms with Crippen LogP contribution in [0, 0.1) is 0 Å². The lowest BCUT2D eigenvalue weighted by atomic mass is 9.99. The normalized spacial score (nSPS) is 22.8. The van der Waals surface area contributed by atoms with Crippen molar-refractivity contribution in [2.75, 3.05) is 37.1 Å². The summed E-state index contributed by atoms with van der Waals surface area (Å²) in [6.07, 6.45) is 7.61. The van der Waals surface area contributed by atoms with Crippen LogP contribution >= 0.6 is 11.3 Å². The monoisotopic (exact) mass is 387 g/mol. The maximum absolute atomic E-state index is 12.6. The Kier molecular flexibility index (Phi) is 5.96. The molecule has 2 amide bonds. The van der Waals surface area contributed by atoms with Crippen molar-refractivity contribution in [2.24, 2.45) is 0 Å². The first-order valence-electron chi connectivity index (χ1n) is 8.71. The third-order valence-corrected chi connectivity index (χ3v) is 6.81. The molecule has 1 atom stereocenters. The maximum atomic E-state index is 12.6. The number of nitrogens with zero attached hydrogens (tertiary/aromatic N) is 2. The second-order valence-electron chi connectivity index (χ2n) is 6.82. The number of anilines is 1. The van der Waals surface area contributed by atoms with Crippen LogP contribution in [-0.4, -0.2) is 62.1 Å². The van der Waals surface area contributed by atoms with Crippen molar-refractivity contribution in [3.8, 4) is 0 Å². The van der Waals surface area contributed by atoms with Crippen LogP contribution in [0.4, 0.5) is 9.93 Å². The highest BCUT2D eigenvalue weighted by atomic mass is 32.2. The number of urea groups is 1. The molecule has 0 aromatic carbocycles. The van der Waals surface area contributed by atoms with E-state index in [1.807, 2.05) is 6.20 Å². The number of nitrogens with one attached hydrogen (secondary N) is 1. The summed E-state index contributed by atoms with van der Waals surface area (Å²) >= 11 is 1.50.